The molecule has 1 aliphatic carbocycles. The van der Waals surface area contributed by atoms with E-state index < -0.39 is 0 Å². The number of aliphatic hydroxyl groups is 1. The summed E-state index contributed by atoms with van der Waals surface area (Å²) in [6.45, 7) is 0.296. The standard InChI is InChI=1S/C8H16N2O/c9-8(10)7-3-1-6(5-11)2-4-7/h6-7,11H,1-5H2,(H3,9,10). The summed E-state index contributed by atoms with van der Waals surface area (Å²) in [4.78, 5) is 0. The predicted molar refractivity (Wildman–Crippen MR) is 44.4 cm³/mol. The zero-order valence-electron chi connectivity index (χ0n) is 6.71. The number of aliphatic hydroxyl groups excluding tert-OH is 1. The number of hydrogen-bond donors (Lipinski definition) is 3. The minimum Gasteiger partial charge on any atom is -0.396 e. The quantitative estimate of drug-likeness (QED) is 0.407. The lowest BCUT2D eigenvalue weighted by molar-refractivity contribution is 0.180. The van der Waals surface area contributed by atoms with Crippen molar-refractivity contribution in [1.29, 1.82) is 5.41 Å². The fraction of sp³-hybridized carbons (Fsp3) is 0.875. The molecule has 1 aliphatic rings. The van der Waals surface area contributed by atoms with Crippen molar-refractivity contribution in [3.8, 4) is 0 Å². The van der Waals surface area contributed by atoms with Crippen LogP contribution in [0.15, 0.2) is 0 Å². The molecule has 3 heteroatoms. The Labute approximate surface area is 67.1 Å². The second-order valence-corrected chi connectivity index (χ2v) is 3.36. The van der Waals surface area contributed by atoms with Gasteiger partial charge in [-0.1, -0.05) is 0 Å². The van der Waals surface area contributed by atoms with Crippen LogP contribution in [0.4, 0.5) is 0 Å². The van der Waals surface area contributed by atoms with Crippen LogP contribution in [-0.4, -0.2) is 17.5 Å². The minimum absolute atomic E-state index is 0.290. The van der Waals surface area contributed by atoms with Crippen molar-refractivity contribution in [3.63, 3.8) is 0 Å². The normalized spacial score (nSPS) is 31.7. The van der Waals surface area contributed by atoms with Gasteiger partial charge < -0.3 is 10.8 Å². The first-order chi connectivity index (χ1) is 5.24. The molecule has 64 valence electrons. The van der Waals surface area contributed by atoms with Crippen molar-refractivity contribution in [1.82, 2.24) is 0 Å². The van der Waals surface area contributed by atoms with E-state index in [-0.39, 0.29) is 5.92 Å². The predicted octanol–water partition coefficient (Wildman–Crippen LogP) is 0.721. The monoisotopic (exact) mass is 156 g/mol. The Morgan fingerprint density at radius 2 is 1.91 bits per heavy atom. The van der Waals surface area contributed by atoms with Crippen LogP contribution in [0.1, 0.15) is 25.7 Å². The van der Waals surface area contributed by atoms with Crippen LogP contribution >= 0.6 is 0 Å². The highest BCUT2D eigenvalue weighted by Gasteiger charge is 2.21. The molecule has 0 saturated heterocycles. The van der Waals surface area contributed by atoms with Crippen molar-refractivity contribution in [2.75, 3.05) is 6.61 Å². The highest BCUT2D eigenvalue weighted by Crippen LogP contribution is 2.27. The highest BCUT2D eigenvalue weighted by atomic mass is 16.3. The maximum atomic E-state index is 8.83. The Kier molecular flexibility index (Phi) is 2.88. The van der Waals surface area contributed by atoms with E-state index in [0.717, 1.165) is 25.7 Å². The zero-order chi connectivity index (χ0) is 8.27. The Hall–Kier alpha value is -0.570. The summed E-state index contributed by atoms with van der Waals surface area (Å²) < 4.78 is 0. The van der Waals surface area contributed by atoms with Crippen LogP contribution < -0.4 is 5.73 Å². The molecule has 1 fully saturated rings. The van der Waals surface area contributed by atoms with E-state index in [1.807, 2.05) is 0 Å². The van der Waals surface area contributed by atoms with Crippen molar-refractivity contribution >= 4 is 5.84 Å². The van der Waals surface area contributed by atoms with E-state index >= 15 is 0 Å². The number of amidine groups is 1. The molecule has 0 aromatic rings. The largest absolute Gasteiger partial charge is 0.396 e. The Morgan fingerprint density at radius 3 is 2.27 bits per heavy atom. The second-order valence-electron chi connectivity index (χ2n) is 3.36. The Bertz CT molecular complexity index is 139. The number of nitrogens with one attached hydrogen (secondary N) is 1. The molecular formula is C8H16N2O. The zero-order valence-corrected chi connectivity index (χ0v) is 6.71. The van der Waals surface area contributed by atoms with Crippen LogP contribution in [0.25, 0.3) is 0 Å². The molecule has 0 aromatic heterocycles. The van der Waals surface area contributed by atoms with Crippen LogP contribution in [0.2, 0.25) is 0 Å². The number of nitrogens with two attached hydrogens (primary N) is 1. The average molecular weight is 156 g/mol. The first kappa shape index (κ1) is 8.53. The van der Waals surface area contributed by atoms with Crippen LogP contribution in [0, 0.1) is 17.2 Å². The summed E-state index contributed by atoms with van der Waals surface area (Å²) in [5.41, 5.74) is 5.37. The van der Waals surface area contributed by atoms with Gasteiger partial charge >= 0.3 is 0 Å². The van der Waals surface area contributed by atoms with Gasteiger partial charge in [-0.25, -0.2) is 0 Å². The molecule has 0 bridgehead atoms. The Balaban J connectivity index is 2.30. The molecule has 0 radical (unpaired) electrons. The van der Waals surface area contributed by atoms with E-state index in [9.17, 15) is 0 Å². The van der Waals surface area contributed by atoms with E-state index in [1.165, 1.54) is 0 Å². The van der Waals surface area contributed by atoms with E-state index in [0.29, 0.717) is 18.4 Å². The third-order valence-corrected chi connectivity index (χ3v) is 2.54. The summed E-state index contributed by atoms with van der Waals surface area (Å²) in [6, 6.07) is 0. The lowest BCUT2D eigenvalue weighted by atomic mass is 9.82. The molecule has 1 rings (SSSR count). The summed E-state index contributed by atoms with van der Waals surface area (Å²) >= 11 is 0. The van der Waals surface area contributed by atoms with Gasteiger partial charge in [-0.3, -0.25) is 5.41 Å². The van der Waals surface area contributed by atoms with E-state index in [4.69, 9.17) is 16.2 Å². The second kappa shape index (κ2) is 3.72. The molecule has 0 amide bonds. The SMILES string of the molecule is N=C(N)C1CCC(CO)CC1. The third kappa shape index (κ3) is 2.19. The average Bonchev–Trinajstić information content (AvgIpc) is 2.05. The number of hydrogen-bond acceptors (Lipinski definition) is 2. The molecule has 0 heterocycles. The van der Waals surface area contributed by atoms with Crippen molar-refractivity contribution in [3.05, 3.63) is 0 Å². The fourth-order valence-electron chi connectivity index (χ4n) is 1.66. The molecule has 0 aliphatic heterocycles. The highest BCUT2D eigenvalue weighted by molar-refractivity contribution is 5.79. The van der Waals surface area contributed by atoms with Gasteiger partial charge in [0, 0.05) is 12.5 Å². The van der Waals surface area contributed by atoms with Gasteiger partial charge in [0.1, 0.15) is 0 Å². The van der Waals surface area contributed by atoms with Gasteiger partial charge in [-0.2, -0.15) is 0 Å². The van der Waals surface area contributed by atoms with Gasteiger partial charge in [0.2, 0.25) is 0 Å². The van der Waals surface area contributed by atoms with E-state index in [1.54, 1.807) is 0 Å². The summed E-state index contributed by atoms with van der Waals surface area (Å²) in [6.07, 6.45) is 4.03. The summed E-state index contributed by atoms with van der Waals surface area (Å²) in [7, 11) is 0. The van der Waals surface area contributed by atoms with Gasteiger partial charge in [-0.15, -0.1) is 0 Å². The third-order valence-electron chi connectivity index (χ3n) is 2.54. The van der Waals surface area contributed by atoms with Crippen molar-refractivity contribution < 1.29 is 5.11 Å². The molecule has 3 nitrogen and oxygen atoms in total. The Morgan fingerprint density at radius 1 is 1.36 bits per heavy atom. The lowest BCUT2D eigenvalue weighted by Crippen LogP contribution is -2.27. The number of rotatable bonds is 2. The van der Waals surface area contributed by atoms with Gasteiger partial charge in [0.15, 0.2) is 0 Å². The van der Waals surface area contributed by atoms with Crippen molar-refractivity contribution in [2.45, 2.75) is 25.7 Å². The first-order valence-corrected chi connectivity index (χ1v) is 4.18. The topological polar surface area (TPSA) is 70.1 Å². The summed E-state index contributed by atoms with van der Waals surface area (Å²) in [5, 5.41) is 16.1. The summed E-state index contributed by atoms with van der Waals surface area (Å²) in [5.74, 6) is 1.07. The van der Waals surface area contributed by atoms with Crippen LogP contribution in [0.3, 0.4) is 0 Å². The first-order valence-electron chi connectivity index (χ1n) is 4.18. The molecule has 0 spiro atoms. The van der Waals surface area contributed by atoms with Crippen LogP contribution in [0.5, 0.6) is 0 Å². The molecule has 1 saturated carbocycles. The fourth-order valence-corrected chi connectivity index (χ4v) is 1.66. The smallest absolute Gasteiger partial charge is 0.0936 e. The van der Waals surface area contributed by atoms with E-state index in [2.05, 4.69) is 0 Å². The molecule has 4 N–H and O–H groups in total. The molecule has 0 aromatic carbocycles. The van der Waals surface area contributed by atoms with Gasteiger partial charge in [0.05, 0.1) is 5.84 Å². The van der Waals surface area contributed by atoms with Gasteiger partial charge in [0.25, 0.3) is 0 Å². The van der Waals surface area contributed by atoms with Crippen molar-refractivity contribution in [2.24, 2.45) is 17.6 Å². The maximum Gasteiger partial charge on any atom is 0.0936 e. The molecule has 0 atom stereocenters. The maximum absolute atomic E-state index is 8.83. The van der Waals surface area contributed by atoms with Crippen LogP contribution in [-0.2, 0) is 0 Å². The molecule has 0 unspecified atom stereocenters. The molecular weight excluding hydrogens is 140 g/mol. The minimum atomic E-state index is 0.290. The lowest BCUT2D eigenvalue weighted by Gasteiger charge is -2.26. The van der Waals surface area contributed by atoms with Gasteiger partial charge in [-0.05, 0) is 31.6 Å². The molecule has 11 heavy (non-hydrogen) atoms.